The van der Waals surface area contributed by atoms with Crippen LogP contribution in [0.3, 0.4) is 0 Å². The Kier molecular flexibility index (Phi) is 4.65. The van der Waals surface area contributed by atoms with Gasteiger partial charge < -0.3 is 20.5 Å². The first kappa shape index (κ1) is 15.5. The van der Waals surface area contributed by atoms with Crippen LogP contribution in [0.5, 0.6) is 5.75 Å². The molecule has 21 heavy (non-hydrogen) atoms. The Morgan fingerprint density at radius 1 is 1.24 bits per heavy atom. The second kappa shape index (κ2) is 6.28. The van der Waals surface area contributed by atoms with Crippen molar-refractivity contribution in [2.75, 3.05) is 0 Å². The van der Waals surface area contributed by atoms with Gasteiger partial charge in [-0.2, -0.15) is 0 Å². The van der Waals surface area contributed by atoms with Gasteiger partial charge in [0.2, 0.25) is 5.56 Å². The number of pyridine rings is 1. The summed E-state index contributed by atoms with van der Waals surface area (Å²) in [4.78, 5) is 14.0. The number of aliphatic hydroxyl groups is 1. The number of aliphatic hydroxyl groups excluding tert-OH is 1. The van der Waals surface area contributed by atoms with Crippen molar-refractivity contribution < 1.29 is 10.2 Å². The predicted molar refractivity (Wildman–Crippen MR) is 83.5 cm³/mol. The summed E-state index contributed by atoms with van der Waals surface area (Å²) in [7, 11) is 0. The molecule has 0 aliphatic carbocycles. The maximum Gasteiger partial charge on any atom is 0.248 e. The molecule has 2 rings (SSSR count). The molecule has 2 aromatic rings. The number of H-pyrrole nitrogens is 1. The van der Waals surface area contributed by atoms with Gasteiger partial charge in [-0.25, -0.2) is 0 Å². The minimum atomic E-state index is -0.716. The fraction of sp³-hybridized carbons (Fsp3) is 0.438. The second-order valence-corrected chi connectivity index (χ2v) is 5.57. The summed E-state index contributed by atoms with van der Waals surface area (Å²) >= 11 is 0. The van der Waals surface area contributed by atoms with Crippen LogP contribution in [0.1, 0.15) is 38.9 Å². The molecule has 0 spiro atoms. The van der Waals surface area contributed by atoms with Crippen LogP contribution in [-0.2, 0) is 0 Å². The summed E-state index contributed by atoms with van der Waals surface area (Å²) in [5, 5.41) is 24.5. The maximum atomic E-state index is 11.4. The summed E-state index contributed by atoms with van der Waals surface area (Å²) in [6, 6.07) is 6.39. The first-order valence-electron chi connectivity index (χ1n) is 7.23. The zero-order valence-electron chi connectivity index (χ0n) is 12.6. The highest BCUT2D eigenvalue weighted by molar-refractivity contribution is 5.87. The molecule has 5 nitrogen and oxygen atoms in total. The summed E-state index contributed by atoms with van der Waals surface area (Å²) in [5.74, 6) is 0.00326. The van der Waals surface area contributed by atoms with E-state index in [0.29, 0.717) is 16.5 Å². The van der Waals surface area contributed by atoms with Crippen LogP contribution in [0.15, 0.2) is 29.1 Å². The fourth-order valence-electron chi connectivity index (χ4n) is 2.59. The highest BCUT2D eigenvalue weighted by Crippen LogP contribution is 2.30. The van der Waals surface area contributed by atoms with Crippen molar-refractivity contribution in [1.29, 1.82) is 0 Å². The summed E-state index contributed by atoms with van der Waals surface area (Å²) < 4.78 is 0. The topological polar surface area (TPSA) is 85.3 Å². The first-order valence-corrected chi connectivity index (χ1v) is 7.23. The number of aromatic amines is 1. The lowest BCUT2D eigenvalue weighted by Crippen LogP contribution is -2.39. The van der Waals surface area contributed by atoms with Gasteiger partial charge in [0, 0.05) is 23.5 Å². The molecular weight excluding hydrogens is 268 g/mol. The van der Waals surface area contributed by atoms with E-state index < -0.39 is 6.10 Å². The molecule has 5 heteroatoms. The molecule has 0 saturated carbocycles. The molecular formula is C16H22N2O3. The van der Waals surface area contributed by atoms with Crippen LogP contribution >= 0.6 is 0 Å². The molecule has 0 radical (unpaired) electrons. The largest absolute Gasteiger partial charge is 0.506 e. The number of rotatable bonds is 5. The smallest absolute Gasteiger partial charge is 0.248 e. The van der Waals surface area contributed by atoms with Crippen molar-refractivity contribution in [3.05, 3.63) is 40.2 Å². The molecule has 2 atom stereocenters. The molecule has 0 amide bonds. The minimum Gasteiger partial charge on any atom is -0.506 e. The average molecular weight is 290 g/mol. The molecule has 1 aromatic carbocycles. The SMILES string of the molecule is CC[C@H](NC(C)C)C(O)c1ccc(O)c2[nH]c(=O)ccc12. The van der Waals surface area contributed by atoms with Gasteiger partial charge in [0.05, 0.1) is 11.6 Å². The number of phenols is 1. The van der Waals surface area contributed by atoms with E-state index in [1.807, 2.05) is 20.8 Å². The molecule has 4 N–H and O–H groups in total. The van der Waals surface area contributed by atoms with Crippen LogP contribution < -0.4 is 10.9 Å². The lowest BCUT2D eigenvalue weighted by Gasteiger charge is -2.26. The molecule has 1 aromatic heterocycles. The third-order valence-electron chi connectivity index (χ3n) is 3.59. The molecule has 1 unspecified atom stereocenters. The lowest BCUT2D eigenvalue weighted by molar-refractivity contribution is 0.123. The van der Waals surface area contributed by atoms with Crippen LogP contribution in [-0.4, -0.2) is 27.3 Å². The van der Waals surface area contributed by atoms with E-state index in [-0.39, 0.29) is 23.4 Å². The summed E-state index contributed by atoms with van der Waals surface area (Å²) in [5.41, 5.74) is 0.772. The molecule has 1 heterocycles. The lowest BCUT2D eigenvalue weighted by atomic mass is 9.95. The number of fused-ring (bicyclic) bond motifs is 1. The molecule has 0 saturated heterocycles. The number of hydrogen-bond donors (Lipinski definition) is 4. The van der Waals surface area contributed by atoms with E-state index in [4.69, 9.17) is 0 Å². The quantitative estimate of drug-likeness (QED) is 0.679. The highest BCUT2D eigenvalue weighted by atomic mass is 16.3. The van der Waals surface area contributed by atoms with E-state index >= 15 is 0 Å². The van der Waals surface area contributed by atoms with Crippen molar-refractivity contribution >= 4 is 10.9 Å². The molecule has 0 aliphatic heterocycles. The van der Waals surface area contributed by atoms with Crippen molar-refractivity contribution in [3.63, 3.8) is 0 Å². The van der Waals surface area contributed by atoms with Crippen LogP contribution in [0.25, 0.3) is 10.9 Å². The van der Waals surface area contributed by atoms with Gasteiger partial charge in [0.1, 0.15) is 5.75 Å². The van der Waals surface area contributed by atoms with Gasteiger partial charge in [0.15, 0.2) is 0 Å². The average Bonchev–Trinajstić information content (AvgIpc) is 2.45. The van der Waals surface area contributed by atoms with E-state index in [1.165, 1.54) is 12.1 Å². The monoisotopic (exact) mass is 290 g/mol. The Bertz CT molecular complexity index is 679. The highest BCUT2D eigenvalue weighted by Gasteiger charge is 2.22. The van der Waals surface area contributed by atoms with Crippen molar-refractivity contribution in [3.8, 4) is 5.75 Å². The van der Waals surface area contributed by atoms with Gasteiger partial charge in [-0.1, -0.05) is 26.8 Å². The number of hydrogen-bond acceptors (Lipinski definition) is 4. The van der Waals surface area contributed by atoms with Crippen molar-refractivity contribution in [2.24, 2.45) is 0 Å². The fourth-order valence-corrected chi connectivity index (χ4v) is 2.59. The van der Waals surface area contributed by atoms with E-state index in [1.54, 1.807) is 12.1 Å². The van der Waals surface area contributed by atoms with Crippen LogP contribution in [0.4, 0.5) is 0 Å². The Hall–Kier alpha value is -1.85. The van der Waals surface area contributed by atoms with Gasteiger partial charge in [0.25, 0.3) is 0 Å². The number of phenolic OH excluding ortho intramolecular Hbond substituents is 1. The van der Waals surface area contributed by atoms with E-state index in [2.05, 4.69) is 10.3 Å². The predicted octanol–water partition coefficient (Wildman–Crippen LogP) is 2.04. The number of benzene rings is 1. The Morgan fingerprint density at radius 3 is 2.57 bits per heavy atom. The maximum absolute atomic E-state index is 11.4. The Morgan fingerprint density at radius 2 is 1.95 bits per heavy atom. The third-order valence-corrected chi connectivity index (χ3v) is 3.59. The molecule has 0 fully saturated rings. The summed E-state index contributed by atoms with van der Waals surface area (Å²) in [6.07, 6.45) is 0.0526. The standard InChI is InChI=1S/C16H22N2O3/c1-4-12(17-9(2)3)16(21)11-5-7-13(19)15-10(11)6-8-14(20)18-15/h5-9,12,16-17,19,21H,4H2,1-3H3,(H,18,20)/t12-,16?/m0/s1. The Balaban J connectivity index is 2.50. The third kappa shape index (κ3) is 3.25. The molecule has 0 aliphatic rings. The molecule has 114 valence electrons. The van der Waals surface area contributed by atoms with Crippen molar-refractivity contribution in [1.82, 2.24) is 10.3 Å². The second-order valence-electron chi connectivity index (χ2n) is 5.57. The number of nitrogens with one attached hydrogen (secondary N) is 2. The van der Waals surface area contributed by atoms with Gasteiger partial charge >= 0.3 is 0 Å². The minimum absolute atomic E-state index is 0.00326. The zero-order chi connectivity index (χ0) is 15.6. The summed E-state index contributed by atoms with van der Waals surface area (Å²) in [6.45, 7) is 6.07. The van der Waals surface area contributed by atoms with E-state index in [0.717, 1.165) is 6.42 Å². The normalized spacial score (nSPS) is 14.5. The van der Waals surface area contributed by atoms with E-state index in [9.17, 15) is 15.0 Å². The molecule has 0 bridgehead atoms. The Labute approximate surface area is 123 Å². The van der Waals surface area contributed by atoms with Crippen LogP contribution in [0.2, 0.25) is 0 Å². The van der Waals surface area contributed by atoms with Crippen LogP contribution in [0, 0.1) is 0 Å². The van der Waals surface area contributed by atoms with Gasteiger partial charge in [-0.15, -0.1) is 0 Å². The first-order chi connectivity index (χ1) is 9.93. The van der Waals surface area contributed by atoms with Crippen molar-refractivity contribution in [2.45, 2.75) is 45.4 Å². The van der Waals surface area contributed by atoms with Gasteiger partial charge in [-0.05, 0) is 24.1 Å². The number of aromatic nitrogens is 1. The van der Waals surface area contributed by atoms with Gasteiger partial charge in [-0.3, -0.25) is 4.79 Å². The number of aromatic hydroxyl groups is 1. The zero-order valence-corrected chi connectivity index (χ0v) is 12.6.